The number of methoxy groups -OCH3 is 1. The molecule has 2 atom stereocenters. The number of carbonyl (C=O) groups excluding carboxylic acids is 1. The topological polar surface area (TPSA) is 113 Å². The third kappa shape index (κ3) is 2.74. The van der Waals surface area contributed by atoms with Gasteiger partial charge in [0.25, 0.3) is 0 Å². The van der Waals surface area contributed by atoms with E-state index in [1.165, 1.54) is 13.2 Å². The fourth-order valence-corrected chi connectivity index (χ4v) is 4.02. The highest BCUT2D eigenvalue weighted by molar-refractivity contribution is 5.98. The van der Waals surface area contributed by atoms with E-state index in [0.717, 1.165) is 17.3 Å². The predicted molar refractivity (Wildman–Crippen MR) is 105 cm³/mol. The number of esters is 1. The molecule has 30 heavy (non-hydrogen) atoms. The Balaban J connectivity index is 1.66. The van der Waals surface area contributed by atoms with E-state index in [-0.39, 0.29) is 6.79 Å². The zero-order valence-corrected chi connectivity index (χ0v) is 15.8. The third-order valence-electron chi connectivity index (χ3n) is 5.30. The Labute approximate surface area is 170 Å². The monoisotopic (exact) mass is 408 g/mol. The lowest BCUT2D eigenvalue weighted by Gasteiger charge is -2.18. The van der Waals surface area contributed by atoms with Crippen molar-refractivity contribution in [2.75, 3.05) is 13.9 Å². The molecule has 152 valence electrons. The van der Waals surface area contributed by atoms with Crippen molar-refractivity contribution >= 4 is 22.9 Å². The number of carbonyl (C=O) groups is 1. The molecule has 0 spiro atoms. The highest BCUT2D eigenvalue weighted by Gasteiger charge is 2.43. The summed E-state index contributed by atoms with van der Waals surface area (Å²) in [6, 6.07) is 8.97. The van der Waals surface area contributed by atoms with Crippen LogP contribution in [0.1, 0.15) is 28.7 Å². The average molecular weight is 408 g/mol. The summed E-state index contributed by atoms with van der Waals surface area (Å²) >= 11 is 0. The van der Waals surface area contributed by atoms with Gasteiger partial charge in [-0.1, -0.05) is 6.07 Å². The molecule has 1 N–H and O–H groups in total. The van der Waals surface area contributed by atoms with Crippen molar-refractivity contribution in [2.45, 2.75) is 12.0 Å². The molecule has 1 aromatic heterocycles. The van der Waals surface area contributed by atoms with E-state index >= 15 is 0 Å². The number of hydrogen-bond donors (Lipinski definition) is 1. The minimum absolute atomic E-state index is 0.140. The summed E-state index contributed by atoms with van der Waals surface area (Å²) < 4.78 is 22.1. The van der Waals surface area contributed by atoms with Crippen LogP contribution >= 0.6 is 0 Å². The van der Waals surface area contributed by atoms with Gasteiger partial charge in [0, 0.05) is 34.3 Å². The summed E-state index contributed by atoms with van der Waals surface area (Å²) in [5.74, 6) is 0.513. The second-order valence-corrected chi connectivity index (χ2v) is 6.90. The van der Waals surface area contributed by atoms with Crippen molar-refractivity contribution in [3.63, 3.8) is 0 Å². The number of aromatic nitrogens is 1. The van der Waals surface area contributed by atoms with E-state index in [4.69, 9.17) is 18.9 Å². The first-order valence-electron chi connectivity index (χ1n) is 9.16. The number of benzene rings is 2. The summed E-state index contributed by atoms with van der Waals surface area (Å²) in [4.78, 5) is 26.2. The molecule has 5 rings (SSSR count). The van der Waals surface area contributed by atoms with Crippen LogP contribution in [0, 0.1) is 10.1 Å². The lowest BCUT2D eigenvalue weighted by molar-refractivity contribution is -0.400. The number of rotatable bonds is 4. The van der Waals surface area contributed by atoms with Crippen LogP contribution in [0.3, 0.4) is 0 Å². The van der Waals surface area contributed by atoms with Crippen LogP contribution in [0.25, 0.3) is 17.0 Å². The normalized spacial score (nSPS) is 19.1. The first kappa shape index (κ1) is 18.0. The summed E-state index contributed by atoms with van der Waals surface area (Å²) in [7, 11) is 1.32. The standard InChI is InChI=1S/C21H16N2O7/c1-27-21(24)19-18-15(5-3-13-17(18)12(9-22-13)6-7-23(25)26)30-20(19)11-2-4-14-16(8-11)29-10-28-14/h2-9,19-20,22H,10H2,1H3/b7-6+/t19-,20+/m1/s1. The Bertz CT molecular complexity index is 1210. The van der Waals surface area contributed by atoms with Gasteiger partial charge in [0.15, 0.2) is 11.5 Å². The van der Waals surface area contributed by atoms with Crippen molar-refractivity contribution in [1.82, 2.24) is 4.98 Å². The lowest BCUT2D eigenvalue weighted by atomic mass is 9.88. The average Bonchev–Trinajstić information content (AvgIpc) is 3.46. The second kappa shape index (κ2) is 6.80. The first-order chi connectivity index (χ1) is 14.6. The van der Waals surface area contributed by atoms with Gasteiger partial charge in [-0.2, -0.15) is 0 Å². The van der Waals surface area contributed by atoms with E-state index in [0.29, 0.717) is 33.8 Å². The molecule has 0 amide bonds. The zero-order valence-electron chi connectivity index (χ0n) is 15.8. The maximum Gasteiger partial charge on any atom is 0.317 e. The fourth-order valence-electron chi connectivity index (χ4n) is 4.02. The van der Waals surface area contributed by atoms with Gasteiger partial charge in [-0.3, -0.25) is 14.9 Å². The van der Waals surface area contributed by atoms with Crippen LogP contribution in [-0.4, -0.2) is 29.8 Å². The maximum absolute atomic E-state index is 12.8. The zero-order chi connectivity index (χ0) is 20.8. The Hall–Kier alpha value is -4.01. The van der Waals surface area contributed by atoms with Gasteiger partial charge in [-0.15, -0.1) is 0 Å². The summed E-state index contributed by atoms with van der Waals surface area (Å²) in [5.41, 5.74) is 2.69. The first-order valence-corrected chi connectivity index (χ1v) is 9.16. The third-order valence-corrected chi connectivity index (χ3v) is 5.30. The van der Waals surface area contributed by atoms with Gasteiger partial charge in [-0.25, -0.2) is 0 Å². The van der Waals surface area contributed by atoms with Crippen molar-refractivity contribution in [1.29, 1.82) is 0 Å². The smallest absolute Gasteiger partial charge is 0.317 e. The Morgan fingerprint density at radius 3 is 2.83 bits per heavy atom. The molecular weight excluding hydrogens is 392 g/mol. The molecule has 0 bridgehead atoms. The molecule has 0 unspecified atom stereocenters. The number of H-pyrrole nitrogens is 1. The molecule has 2 aliphatic heterocycles. The summed E-state index contributed by atoms with van der Waals surface area (Å²) in [6.45, 7) is 0.140. The summed E-state index contributed by atoms with van der Waals surface area (Å²) in [6.07, 6.45) is 3.27. The Kier molecular flexibility index (Phi) is 4.09. The molecule has 0 radical (unpaired) electrons. The number of aromatic amines is 1. The molecule has 0 saturated carbocycles. The van der Waals surface area contributed by atoms with Gasteiger partial charge in [-0.05, 0) is 29.8 Å². The Morgan fingerprint density at radius 1 is 1.23 bits per heavy atom. The molecule has 2 aliphatic rings. The van der Waals surface area contributed by atoms with E-state index < -0.39 is 22.9 Å². The SMILES string of the molecule is COC(=O)[C@@H]1c2c(ccc3[nH]cc(/C=C/[N+](=O)[O-])c23)O[C@H]1c1ccc2c(c1)OCO2. The second-order valence-electron chi connectivity index (χ2n) is 6.90. The molecule has 0 saturated heterocycles. The van der Waals surface area contributed by atoms with Crippen LogP contribution in [0.5, 0.6) is 17.2 Å². The van der Waals surface area contributed by atoms with Crippen LogP contribution < -0.4 is 14.2 Å². The molecule has 9 nitrogen and oxygen atoms in total. The highest BCUT2D eigenvalue weighted by Crippen LogP contribution is 2.51. The summed E-state index contributed by atoms with van der Waals surface area (Å²) in [5, 5.41) is 11.5. The van der Waals surface area contributed by atoms with Crippen LogP contribution in [-0.2, 0) is 9.53 Å². The van der Waals surface area contributed by atoms with E-state index in [9.17, 15) is 14.9 Å². The van der Waals surface area contributed by atoms with Gasteiger partial charge in [0.05, 0.1) is 12.0 Å². The highest BCUT2D eigenvalue weighted by atomic mass is 16.7. The number of ether oxygens (including phenoxy) is 4. The van der Waals surface area contributed by atoms with Crippen molar-refractivity contribution < 1.29 is 28.7 Å². The quantitative estimate of drug-likeness (QED) is 0.399. The largest absolute Gasteiger partial charge is 0.484 e. The molecule has 9 heteroatoms. The maximum atomic E-state index is 12.8. The van der Waals surface area contributed by atoms with Gasteiger partial charge in [0.2, 0.25) is 13.0 Å². The number of nitrogens with zero attached hydrogens (tertiary/aromatic N) is 1. The number of nitrogens with one attached hydrogen (secondary N) is 1. The molecule has 0 fully saturated rings. The van der Waals surface area contributed by atoms with Gasteiger partial charge >= 0.3 is 5.97 Å². The minimum Gasteiger partial charge on any atom is -0.484 e. The Morgan fingerprint density at radius 2 is 2.03 bits per heavy atom. The molecular formula is C21H16N2O7. The van der Waals surface area contributed by atoms with Crippen molar-refractivity contribution in [3.05, 3.63) is 69.5 Å². The van der Waals surface area contributed by atoms with Crippen LogP contribution in [0.4, 0.5) is 0 Å². The minimum atomic E-state index is -0.757. The van der Waals surface area contributed by atoms with Crippen molar-refractivity contribution in [3.8, 4) is 17.2 Å². The van der Waals surface area contributed by atoms with Gasteiger partial charge < -0.3 is 23.9 Å². The van der Waals surface area contributed by atoms with Crippen LogP contribution in [0.2, 0.25) is 0 Å². The van der Waals surface area contributed by atoms with E-state index in [2.05, 4.69) is 4.98 Å². The van der Waals surface area contributed by atoms with Gasteiger partial charge in [0.1, 0.15) is 17.8 Å². The molecule has 0 aliphatic carbocycles. The van der Waals surface area contributed by atoms with Crippen LogP contribution in [0.15, 0.2) is 42.7 Å². The predicted octanol–water partition coefficient (Wildman–Crippen LogP) is 3.53. The van der Waals surface area contributed by atoms with E-state index in [1.807, 2.05) is 12.1 Å². The lowest BCUT2D eigenvalue weighted by Crippen LogP contribution is -2.20. The molecule has 3 aromatic rings. The molecule has 3 heterocycles. The number of nitro groups is 1. The fraction of sp³-hybridized carbons (Fsp3) is 0.190. The van der Waals surface area contributed by atoms with E-state index in [1.54, 1.807) is 24.4 Å². The number of fused-ring (bicyclic) bond motifs is 4. The molecule has 2 aromatic carbocycles. The number of hydrogen-bond acceptors (Lipinski definition) is 7. The van der Waals surface area contributed by atoms with Crippen molar-refractivity contribution in [2.24, 2.45) is 0 Å².